The summed E-state index contributed by atoms with van der Waals surface area (Å²) in [6, 6.07) is 0.956. The van der Waals surface area contributed by atoms with Gasteiger partial charge in [0.05, 0.1) is 6.61 Å². The first kappa shape index (κ1) is 23.5. The summed E-state index contributed by atoms with van der Waals surface area (Å²) in [5.41, 5.74) is 0.444. The number of rotatable bonds is 10. The Hall–Kier alpha value is 0.511. The van der Waals surface area contributed by atoms with E-state index in [0.717, 1.165) is 12.5 Å². The number of hydrogen-bond donors (Lipinski definition) is 0. The topological polar surface area (TPSA) is 44.8 Å². The number of esters is 1. The van der Waals surface area contributed by atoms with E-state index in [1.165, 1.54) is 0 Å². The van der Waals surface area contributed by atoms with Crippen LogP contribution >= 0.6 is 22.6 Å². The van der Waals surface area contributed by atoms with E-state index in [1.807, 2.05) is 0 Å². The molecule has 23 heavy (non-hydrogen) atoms. The zero-order valence-electron chi connectivity index (χ0n) is 15.9. The van der Waals surface area contributed by atoms with Crippen LogP contribution in [-0.4, -0.2) is 41.3 Å². The van der Waals surface area contributed by atoms with Crippen LogP contribution in [0.5, 0.6) is 0 Å². The average Bonchev–Trinajstić information content (AvgIpc) is 2.30. The van der Waals surface area contributed by atoms with E-state index in [-0.39, 0.29) is 5.97 Å². The fourth-order valence-electron chi connectivity index (χ4n) is 2.24. The zero-order valence-corrected chi connectivity index (χ0v) is 21.1. The van der Waals surface area contributed by atoms with Gasteiger partial charge in [-0.25, -0.2) is 4.79 Å². The van der Waals surface area contributed by atoms with Gasteiger partial charge < -0.3 is 13.0 Å². The number of halogens is 1. The van der Waals surface area contributed by atoms with Crippen molar-refractivity contribution in [3.63, 3.8) is 0 Å². The molecule has 0 saturated heterocycles. The van der Waals surface area contributed by atoms with Crippen molar-refractivity contribution in [3.8, 4) is 0 Å². The minimum absolute atomic E-state index is 0.313. The van der Waals surface area contributed by atoms with Gasteiger partial charge in [0.2, 0.25) is 0 Å². The van der Waals surface area contributed by atoms with Crippen molar-refractivity contribution in [2.75, 3.05) is 6.61 Å². The predicted molar refractivity (Wildman–Crippen MR) is 113 cm³/mol. The highest BCUT2D eigenvalue weighted by atomic mass is 127. The van der Waals surface area contributed by atoms with Crippen molar-refractivity contribution < 1.29 is 17.8 Å². The maximum Gasteiger partial charge on any atom is 0.333 e. The molecule has 0 spiro atoms. The highest BCUT2D eigenvalue weighted by molar-refractivity contribution is 14.1. The summed E-state index contributed by atoms with van der Waals surface area (Å²) in [6.45, 7) is 21.1. The summed E-state index contributed by atoms with van der Waals surface area (Å²) in [5, 5.41) is 0. The molecular weight excluding hydrogens is 455 g/mol. The van der Waals surface area contributed by atoms with E-state index in [0.29, 0.717) is 15.7 Å². The smallest absolute Gasteiger partial charge is 0.333 e. The van der Waals surface area contributed by atoms with Crippen molar-refractivity contribution in [3.05, 3.63) is 12.2 Å². The molecule has 0 saturated carbocycles. The van der Waals surface area contributed by atoms with E-state index in [9.17, 15) is 4.79 Å². The van der Waals surface area contributed by atoms with Crippen LogP contribution in [0.1, 0.15) is 20.3 Å². The number of ether oxygens (including phenoxy) is 1. The van der Waals surface area contributed by atoms with Crippen molar-refractivity contribution in [1.29, 1.82) is 0 Å². The molecule has 0 bridgehead atoms. The van der Waals surface area contributed by atoms with Crippen molar-refractivity contribution in [2.45, 2.75) is 69.1 Å². The zero-order chi connectivity index (χ0) is 18.5. The average molecular weight is 489 g/mol. The van der Waals surface area contributed by atoms with Crippen LogP contribution in [0.2, 0.25) is 45.3 Å². The van der Waals surface area contributed by atoms with Gasteiger partial charge in [0.25, 0.3) is 0 Å². The number of alkyl halides is 1. The number of carbonyl (C=O) groups is 1. The molecular formula is C15H33IO4Si3. The Morgan fingerprint density at radius 1 is 1.13 bits per heavy atom. The maximum absolute atomic E-state index is 11.4. The number of hydrogen-bond acceptors (Lipinski definition) is 4. The van der Waals surface area contributed by atoms with Crippen LogP contribution in [0.3, 0.4) is 0 Å². The van der Waals surface area contributed by atoms with Gasteiger partial charge in [0, 0.05) is 9.12 Å². The summed E-state index contributed by atoms with van der Waals surface area (Å²) in [6.07, 6.45) is 0.826. The third-order valence-corrected chi connectivity index (χ3v) is 19.7. The predicted octanol–water partition coefficient (Wildman–Crippen LogP) is 5.00. The second kappa shape index (κ2) is 9.28. The lowest BCUT2D eigenvalue weighted by Gasteiger charge is -2.39. The first-order chi connectivity index (χ1) is 10.2. The van der Waals surface area contributed by atoms with Crippen molar-refractivity contribution in [2.24, 2.45) is 0 Å². The van der Waals surface area contributed by atoms with Gasteiger partial charge in [-0.05, 0) is 58.7 Å². The van der Waals surface area contributed by atoms with E-state index >= 15 is 0 Å². The molecule has 0 aromatic carbocycles. The van der Waals surface area contributed by atoms with Gasteiger partial charge in [-0.1, -0.05) is 36.1 Å². The lowest BCUT2D eigenvalue weighted by Crippen LogP contribution is -2.55. The Morgan fingerprint density at radius 3 is 2.09 bits per heavy atom. The lowest BCUT2D eigenvalue weighted by atomic mass is 10.4. The molecule has 0 aliphatic rings. The maximum atomic E-state index is 11.4. The molecule has 0 aromatic rings. The summed E-state index contributed by atoms with van der Waals surface area (Å²) in [4.78, 5) is 11.4. The Balaban J connectivity index is 4.43. The Kier molecular flexibility index (Phi) is 9.48. The van der Waals surface area contributed by atoms with Crippen LogP contribution < -0.4 is 0 Å². The second-order valence-corrected chi connectivity index (χ2v) is 23.2. The van der Waals surface area contributed by atoms with Gasteiger partial charge >= 0.3 is 14.5 Å². The minimum atomic E-state index is -2.14. The standard InChI is InChI=1S/C15H33IO4Si3/c1-13(2)15(17)18-11-10-12-21(4,5)19-23(8,9)20-22(6,7)14(3)16/h14H,1,10-12H2,2-9H3. The fourth-order valence-corrected chi connectivity index (χ4v) is 16.4. The molecule has 0 aliphatic heterocycles. The van der Waals surface area contributed by atoms with Crippen LogP contribution in [0.4, 0.5) is 0 Å². The molecule has 0 rings (SSSR count). The second-order valence-electron chi connectivity index (χ2n) is 7.60. The third kappa shape index (κ3) is 10.2. The van der Waals surface area contributed by atoms with E-state index < -0.39 is 25.2 Å². The molecule has 0 aliphatic carbocycles. The minimum Gasteiger partial charge on any atom is -0.462 e. The van der Waals surface area contributed by atoms with Crippen LogP contribution in [0.25, 0.3) is 0 Å². The molecule has 0 fully saturated rings. The molecule has 0 N–H and O–H groups in total. The monoisotopic (exact) mass is 488 g/mol. The normalized spacial score (nSPS) is 14.5. The lowest BCUT2D eigenvalue weighted by molar-refractivity contribution is -0.138. The fraction of sp³-hybridized carbons (Fsp3) is 0.800. The van der Waals surface area contributed by atoms with Gasteiger partial charge in [-0.3, -0.25) is 0 Å². The van der Waals surface area contributed by atoms with Gasteiger partial charge in [0.1, 0.15) is 0 Å². The molecule has 0 amide bonds. The van der Waals surface area contributed by atoms with Crippen molar-refractivity contribution in [1.82, 2.24) is 0 Å². The molecule has 0 heterocycles. The summed E-state index contributed by atoms with van der Waals surface area (Å²) >= 11 is 2.46. The van der Waals surface area contributed by atoms with Gasteiger partial charge in [0.15, 0.2) is 16.6 Å². The molecule has 136 valence electrons. The molecule has 1 unspecified atom stereocenters. The van der Waals surface area contributed by atoms with Crippen LogP contribution in [-0.2, 0) is 17.8 Å². The summed E-state index contributed by atoms with van der Waals surface area (Å²) < 4.78 is 18.7. The summed E-state index contributed by atoms with van der Waals surface area (Å²) in [7, 11) is -5.68. The molecule has 0 aromatic heterocycles. The SMILES string of the molecule is C=C(C)C(=O)OCCC[Si](C)(C)O[Si](C)(C)O[Si](C)(C)C(C)I. The quantitative estimate of drug-likeness (QED) is 0.108. The Labute approximate surface area is 159 Å². The Morgan fingerprint density at radius 2 is 1.65 bits per heavy atom. The van der Waals surface area contributed by atoms with Crippen molar-refractivity contribution >= 4 is 53.8 Å². The molecule has 1 atom stereocenters. The third-order valence-electron chi connectivity index (χ3n) is 3.49. The highest BCUT2D eigenvalue weighted by Gasteiger charge is 2.41. The highest BCUT2D eigenvalue weighted by Crippen LogP contribution is 2.27. The van der Waals surface area contributed by atoms with E-state index in [4.69, 9.17) is 13.0 Å². The molecule has 4 nitrogen and oxygen atoms in total. The first-order valence-corrected chi connectivity index (χ1v) is 18.2. The van der Waals surface area contributed by atoms with E-state index in [2.05, 4.69) is 75.4 Å². The van der Waals surface area contributed by atoms with Gasteiger partial charge in [-0.2, -0.15) is 0 Å². The van der Waals surface area contributed by atoms with Crippen LogP contribution in [0.15, 0.2) is 12.2 Å². The largest absolute Gasteiger partial charge is 0.462 e. The van der Waals surface area contributed by atoms with Crippen LogP contribution in [0, 0.1) is 0 Å². The Bertz CT molecular complexity index is 423. The first-order valence-electron chi connectivity index (χ1n) is 8.05. The molecule has 8 heteroatoms. The summed E-state index contributed by atoms with van der Waals surface area (Å²) in [5.74, 6) is -0.313. The van der Waals surface area contributed by atoms with E-state index in [1.54, 1.807) is 6.92 Å². The molecule has 0 radical (unpaired) electrons. The number of carbonyl (C=O) groups excluding carboxylic acids is 1. The van der Waals surface area contributed by atoms with Gasteiger partial charge in [-0.15, -0.1) is 0 Å².